The number of halogens is 2. The molecule has 1 heterocycles. The van der Waals surface area contributed by atoms with Gasteiger partial charge in [-0.15, -0.1) is 0 Å². The van der Waals surface area contributed by atoms with Crippen LogP contribution in [0.5, 0.6) is 0 Å². The molecule has 0 aromatic carbocycles. The molecular weight excluding hydrogens is 200 g/mol. The Morgan fingerprint density at radius 1 is 1.60 bits per heavy atom. The molecule has 80 valence electrons. The zero-order valence-corrected chi connectivity index (χ0v) is 8.30. The summed E-state index contributed by atoms with van der Waals surface area (Å²) in [6, 6.07) is 1.87. The number of hydrogen-bond donors (Lipinski definition) is 1. The van der Waals surface area contributed by atoms with E-state index in [0.29, 0.717) is 16.8 Å². The van der Waals surface area contributed by atoms with Crippen LogP contribution < -0.4 is 5.73 Å². The summed E-state index contributed by atoms with van der Waals surface area (Å²) < 4.78 is 25.2. The zero-order chi connectivity index (χ0) is 11.4. The van der Waals surface area contributed by atoms with Gasteiger partial charge >= 0.3 is 0 Å². The Hall–Kier alpha value is -1.54. The molecule has 1 rings (SSSR count). The van der Waals surface area contributed by atoms with Crippen molar-refractivity contribution in [3.63, 3.8) is 0 Å². The summed E-state index contributed by atoms with van der Waals surface area (Å²) in [6.07, 6.45) is -1.54. The summed E-state index contributed by atoms with van der Waals surface area (Å²) in [5.74, 6) is 0. The third-order valence-electron chi connectivity index (χ3n) is 2.28. The Morgan fingerprint density at radius 2 is 2.27 bits per heavy atom. The first kappa shape index (κ1) is 11.5. The van der Waals surface area contributed by atoms with Gasteiger partial charge in [-0.25, -0.2) is 8.78 Å². The van der Waals surface area contributed by atoms with Gasteiger partial charge in [-0.05, 0) is 18.1 Å². The van der Waals surface area contributed by atoms with Crippen molar-refractivity contribution in [2.24, 2.45) is 5.73 Å². The number of nitriles is 1. The van der Waals surface area contributed by atoms with Crippen molar-refractivity contribution in [2.75, 3.05) is 0 Å². The van der Waals surface area contributed by atoms with Gasteiger partial charge in [-0.3, -0.25) is 4.98 Å². The SMILES string of the molecule is Cc1c(CN)ncc(C(F)F)c1CC#N. The first-order valence-electron chi connectivity index (χ1n) is 4.44. The lowest BCUT2D eigenvalue weighted by Gasteiger charge is -2.11. The fourth-order valence-corrected chi connectivity index (χ4v) is 1.42. The van der Waals surface area contributed by atoms with Crippen molar-refractivity contribution < 1.29 is 8.78 Å². The molecule has 5 heteroatoms. The maximum atomic E-state index is 12.6. The van der Waals surface area contributed by atoms with E-state index in [0.717, 1.165) is 6.20 Å². The van der Waals surface area contributed by atoms with Crippen LogP contribution in [0.15, 0.2) is 6.20 Å². The highest BCUT2D eigenvalue weighted by atomic mass is 19.3. The third-order valence-corrected chi connectivity index (χ3v) is 2.28. The van der Waals surface area contributed by atoms with E-state index in [-0.39, 0.29) is 18.5 Å². The highest BCUT2D eigenvalue weighted by Crippen LogP contribution is 2.26. The van der Waals surface area contributed by atoms with E-state index < -0.39 is 6.43 Å². The van der Waals surface area contributed by atoms with Gasteiger partial charge in [-0.2, -0.15) is 5.26 Å². The van der Waals surface area contributed by atoms with E-state index in [1.54, 1.807) is 6.92 Å². The van der Waals surface area contributed by atoms with Gasteiger partial charge in [-0.1, -0.05) is 0 Å². The Balaban J connectivity index is 3.32. The second kappa shape index (κ2) is 4.80. The number of nitrogens with two attached hydrogens (primary N) is 1. The van der Waals surface area contributed by atoms with Crippen molar-refractivity contribution in [1.29, 1.82) is 5.26 Å². The van der Waals surface area contributed by atoms with Crippen LogP contribution in [0.25, 0.3) is 0 Å². The summed E-state index contributed by atoms with van der Waals surface area (Å²) in [5, 5.41) is 8.57. The fraction of sp³-hybridized carbons (Fsp3) is 0.400. The van der Waals surface area contributed by atoms with Crippen LogP contribution in [0.1, 0.15) is 28.8 Å². The minimum Gasteiger partial charge on any atom is -0.325 e. The summed E-state index contributed by atoms with van der Waals surface area (Å²) in [5.41, 5.74) is 6.74. The summed E-state index contributed by atoms with van der Waals surface area (Å²) in [4.78, 5) is 3.85. The molecule has 0 saturated heterocycles. The molecule has 1 aromatic heterocycles. The molecule has 0 bridgehead atoms. The summed E-state index contributed by atoms with van der Waals surface area (Å²) in [7, 11) is 0. The second-order valence-electron chi connectivity index (χ2n) is 3.10. The lowest BCUT2D eigenvalue weighted by Crippen LogP contribution is -2.08. The molecule has 1 aromatic rings. The van der Waals surface area contributed by atoms with E-state index in [1.165, 1.54) is 0 Å². The number of pyridine rings is 1. The Labute approximate surface area is 86.5 Å². The van der Waals surface area contributed by atoms with Crippen LogP contribution in [-0.2, 0) is 13.0 Å². The van der Waals surface area contributed by atoms with Gasteiger partial charge < -0.3 is 5.73 Å². The topological polar surface area (TPSA) is 62.7 Å². The first-order valence-corrected chi connectivity index (χ1v) is 4.44. The van der Waals surface area contributed by atoms with E-state index in [4.69, 9.17) is 11.0 Å². The maximum Gasteiger partial charge on any atom is 0.265 e. The van der Waals surface area contributed by atoms with E-state index >= 15 is 0 Å². The van der Waals surface area contributed by atoms with Crippen molar-refractivity contribution in [3.8, 4) is 6.07 Å². The molecule has 0 saturated carbocycles. The molecule has 0 fully saturated rings. The predicted octanol–water partition coefficient (Wildman–Crippen LogP) is 1.85. The molecule has 0 spiro atoms. The standard InChI is InChI=1S/C10H11F2N3/c1-6-7(2-3-13)8(10(11)12)5-15-9(6)4-14/h5,10H,2,4,14H2,1H3. The van der Waals surface area contributed by atoms with Crippen LogP contribution >= 0.6 is 0 Å². The number of rotatable bonds is 3. The largest absolute Gasteiger partial charge is 0.325 e. The van der Waals surface area contributed by atoms with Crippen molar-refractivity contribution in [1.82, 2.24) is 4.98 Å². The molecular formula is C10H11F2N3. The summed E-state index contributed by atoms with van der Waals surface area (Å²) in [6.45, 7) is 1.85. The quantitative estimate of drug-likeness (QED) is 0.829. The molecule has 15 heavy (non-hydrogen) atoms. The monoisotopic (exact) mass is 211 g/mol. The van der Waals surface area contributed by atoms with Crippen LogP contribution in [-0.4, -0.2) is 4.98 Å². The molecule has 0 amide bonds. The fourth-order valence-electron chi connectivity index (χ4n) is 1.42. The summed E-state index contributed by atoms with van der Waals surface area (Å²) >= 11 is 0. The molecule has 3 nitrogen and oxygen atoms in total. The molecule has 0 radical (unpaired) electrons. The molecule has 0 aliphatic heterocycles. The van der Waals surface area contributed by atoms with E-state index in [9.17, 15) is 8.78 Å². The van der Waals surface area contributed by atoms with Gasteiger partial charge in [0.2, 0.25) is 0 Å². The second-order valence-corrected chi connectivity index (χ2v) is 3.10. The average Bonchev–Trinajstić information content (AvgIpc) is 2.20. The van der Waals surface area contributed by atoms with Gasteiger partial charge in [0.05, 0.1) is 18.2 Å². The van der Waals surface area contributed by atoms with Crippen LogP contribution in [0.2, 0.25) is 0 Å². The predicted molar refractivity (Wildman–Crippen MR) is 51.1 cm³/mol. The molecule has 0 aliphatic carbocycles. The van der Waals surface area contributed by atoms with Crippen molar-refractivity contribution in [2.45, 2.75) is 26.3 Å². The highest BCUT2D eigenvalue weighted by Gasteiger charge is 2.17. The zero-order valence-electron chi connectivity index (χ0n) is 8.30. The van der Waals surface area contributed by atoms with Gasteiger partial charge in [0, 0.05) is 18.3 Å². The Bertz CT molecular complexity index is 396. The Morgan fingerprint density at radius 3 is 2.73 bits per heavy atom. The molecule has 0 aliphatic rings. The highest BCUT2D eigenvalue weighted by molar-refractivity contribution is 5.38. The van der Waals surface area contributed by atoms with Crippen LogP contribution in [0, 0.1) is 18.3 Å². The number of aromatic nitrogens is 1. The number of alkyl halides is 2. The molecule has 0 unspecified atom stereocenters. The minimum absolute atomic E-state index is 0.0406. The van der Waals surface area contributed by atoms with Crippen LogP contribution in [0.3, 0.4) is 0 Å². The van der Waals surface area contributed by atoms with E-state index in [2.05, 4.69) is 4.98 Å². The lowest BCUT2D eigenvalue weighted by molar-refractivity contribution is 0.150. The van der Waals surface area contributed by atoms with Gasteiger partial charge in [0.25, 0.3) is 6.43 Å². The van der Waals surface area contributed by atoms with Gasteiger partial charge in [0.15, 0.2) is 0 Å². The van der Waals surface area contributed by atoms with Gasteiger partial charge in [0.1, 0.15) is 0 Å². The third kappa shape index (κ3) is 2.28. The number of nitrogens with zero attached hydrogens (tertiary/aromatic N) is 2. The normalized spacial score (nSPS) is 10.4. The molecule has 0 atom stereocenters. The smallest absolute Gasteiger partial charge is 0.265 e. The molecule has 2 N–H and O–H groups in total. The Kier molecular flexibility index (Phi) is 3.69. The van der Waals surface area contributed by atoms with Crippen molar-refractivity contribution >= 4 is 0 Å². The van der Waals surface area contributed by atoms with Crippen LogP contribution in [0.4, 0.5) is 8.78 Å². The first-order chi connectivity index (χ1) is 7.11. The number of hydrogen-bond acceptors (Lipinski definition) is 3. The van der Waals surface area contributed by atoms with Crippen molar-refractivity contribution in [3.05, 3.63) is 28.6 Å². The van der Waals surface area contributed by atoms with E-state index in [1.807, 2.05) is 6.07 Å². The minimum atomic E-state index is -2.61. The maximum absolute atomic E-state index is 12.6. The average molecular weight is 211 g/mol. The lowest BCUT2D eigenvalue weighted by atomic mass is 10.00.